The van der Waals surface area contributed by atoms with Gasteiger partial charge in [0, 0.05) is 75.9 Å². The van der Waals surface area contributed by atoms with Crippen molar-refractivity contribution < 1.29 is 13.9 Å². The number of nitrogens with zero attached hydrogens (tertiary/aromatic N) is 3. The minimum absolute atomic E-state index is 0. The van der Waals surface area contributed by atoms with Crippen LogP contribution in [-0.4, -0.2) is 77.3 Å². The summed E-state index contributed by atoms with van der Waals surface area (Å²) in [7, 11) is 3.66. The first kappa shape index (κ1) is 25.5. The lowest BCUT2D eigenvalue weighted by Gasteiger charge is -2.34. The van der Waals surface area contributed by atoms with Crippen LogP contribution in [-0.2, 0) is 0 Å². The highest BCUT2D eigenvalue weighted by Gasteiger charge is 2.22. The SMILES string of the molecule is C.COc1cc(N2CCN(C)CC2)c2oc(C(=O)Nc3ccc(N4CCNCC4)cc3)cc(=O)c2c1. The van der Waals surface area contributed by atoms with Crippen LogP contribution in [0.5, 0.6) is 5.75 Å². The maximum absolute atomic E-state index is 13.0. The van der Waals surface area contributed by atoms with Gasteiger partial charge in [-0.05, 0) is 37.4 Å². The zero-order valence-corrected chi connectivity index (χ0v) is 20.2. The van der Waals surface area contributed by atoms with Gasteiger partial charge in [0.05, 0.1) is 18.2 Å². The molecule has 2 saturated heterocycles. The van der Waals surface area contributed by atoms with Gasteiger partial charge < -0.3 is 34.5 Å². The van der Waals surface area contributed by atoms with Crippen molar-refractivity contribution in [3.63, 3.8) is 0 Å². The maximum atomic E-state index is 13.0. The summed E-state index contributed by atoms with van der Waals surface area (Å²) in [6.07, 6.45) is 0. The number of amides is 1. The lowest BCUT2D eigenvalue weighted by molar-refractivity contribution is 0.0997. The van der Waals surface area contributed by atoms with Crippen molar-refractivity contribution in [2.24, 2.45) is 0 Å². The number of anilines is 3. The summed E-state index contributed by atoms with van der Waals surface area (Å²) in [5.74, 6) is 0.105. The van der Waals surface area contributed by atoms with Crippen LogP contribution >= 0.6 is 0 Å². The fraction of sp³-hybridized carbons (Fsp3) is 0.407. The Balaban J connectivity index is 0.00000304. The molecule has 5 rings (SSSR count). The first-order valence-electron chi connectivity index (χ1n) is 12.0. The molecule has 0 aliphatic carbocycles. The molecule has 0 spiro atoms. The van der Waals surface area contributed by atoms with Crippen molar-refractivity contribution in [1.82, 2.24) is 10.2 Å². The molecule has 0 radical (unpaired) electrons. The number of carbonyl (C=O) groups is 1. The largest absolute Gasteiger partial charge is 0.497 e. The number of carbonyl (C=O) groups excluding carboxylic acids is 1. The summed E-state index contributed by atoms with van der Waals surface area (Å²) in [4.78, 5) is 32.8. The first-order valence-corrected chi connectivity index (χ1v) is 12.0. The number of methoxy groups -OCH3 is 1. The Morgan fingerprint density at radius 1 is 0.972 bits per heavy atom. The van der Waals surface area contributed by atoms with Gasteiger partial charge >= 0.3 is 0 Å². The van der Waals surface area contributed by atoms with E-state index in [4.69, 9.17) is 9.15 Å². The van der Waals surface area contributed by atoms with Gasteiger partial charge in [-0.2, -0.15) is 0 Å². The molecule has 0 atom stereocenters. The van der Waals surface area contributed by atoms with Crippen molar-refractivity contribution in [3.8, 4) is 5.75 Å². The van der Waals surface area contributed by atoms with Crippen LogP contribution in [0, 0.1) is 0 Å². The molecule has 3 aromatic rings. The van der Waals surface area contributed by atoms with E-state index in [1.54, 1.807) is 13.2 Å². The van der Waals surface area contributed by atoms with Crippen molar-refractivity contribution in [2.75, 3.05) is 81.6 Å². The summed E-state index contributed by atoms with van der Waals surface area (Å²) >= 11 is 0. The van der Waals surface area contributed by atoms with Gasteiger partial charge in [0.2, 0.25) is 0 Å². The number of nitrogens with one attached hydrogen (secondary N) is 2. The zero-order valence-electron chi connectivity index (χ0n) is 20.2. The molecule has 9 heteroatoms. The molecule has 0 bridgehead atoms. The summed E-state index contributed by atoms with van der Waals surface area (Å²) in [6.45, 7) is 7.20. The number of likely N-dealkylation sites (N-methyl/N-ethyl adjacent to an activating group) is 1. The lowest BCUT2D eigenvalue weighted by atomic mass is 10.1. The van der Waals surface area contributed by atoms with Crippen molar-refractivity contribution >= 4 is 33.9 Å². The molecule has 3 heterocycles. The molecule has 36 heavy (non-hydrogen) atoms. The molecular weight excluding hydrogens is 458 g/mol. The number of piperazine rings is 2. The fourth-order valence-corrected chi connectivity index (χ4v) is 4.60. The number of rotatable bonds is 5. The van der Waals surface area contributed by atoms with Gasteiger partial charge in [-0.1, -0.05) is 7.43 Å². The molecule has 1 aromatic heterocycles. The van der Waals surface area contributed by atoms with Crippen LogP contribution in [0.25, 0.3) is 11.0 Å². The topological polar surface area (TPSA) is 90.3 Å². The molecular formula is C27H35N5O4. The Kier molecular flexibility index (Phi) is 7.81. The van der Waals surface area contributed by atoms with Crippen LogP contribution in [0.15, 0.2) is 51.7 Å². The molecule has 192 valence electrons. The van der Waals surface area contributed by atoms with Gasteiger partial charge in [-0.15, -0.1) is 0 Å². The average Bonchev–Trinajstić information content (AvgIpc) is 2.89. The third-order valence-electron chi connectivity index (χ3n) is 6.69. The third-order valence-corrected chi connectivity index (χ3v) is 6.69. The Morgan fingerprint density at radius 2 is 1.67 bits per heavy atom. The predicted molar refractivity (Wildman–Crippen MR) is 145 cm³/mol. The van der Waals surface area contributed by atoms with Crippen molar-refractivity contribution in [2.45, 2.75) is 7.43 Å². The number of benzene rings is 2. The normalized spacial score (nSPS) is 16.5. The number of fused-ring (bicyclic) bond motifs is 1. The predicted octanol–water partition coefficient (Wildman–Crippen LogP) is 2.85. The Morgan fingerprint density at radius 3 is 2.33 bits per heavy atom. The Hall–Kier alpha value is -3.56. The standard InChI is InChI=1S/C26H31N5O4.CH4/c1-29-11-13-31(14-12-29)22-16-20(34-2)15-21-23(32)17-24(35-25(21)22)26(33)28-18-3-5-19(6-4-18)30-9-7-27-8-10-30;/h3-6,15-17,27H,7-14H2,1-2H3,(H,28,33);1H4. The summed E-state index contributed by atoms with van der Waals surface area (Å²) in [5.41, 5.74) is 2.65. The van der Waals surface area contributed by atoms with Crippen molar-refractivity contribution in [1.29, 1.82) is 0 Å². The highest BCUT2D eigenvalue weighted by molar-refractivity contribution is 6.03. The molecule has 2 aliphatic rings. The number of ether oxygens (including phenoxy) is 1. The minimum atomic E-state index is -0.459. The quantitative estimate of drug-likeness (QED) is 0.561. The van der Waals surface area contributed by atoms with Crippen LogP contribution < -0.4 is 30.6 Å². The van der Waals surface area contributed by atoms with E-state index in [-0.39, 0.29) is 18.6 Å². The molecule has 1 amide bonds. The highest BCUT2D eigenvalue weighted by atomic mass is 16.5. The Bertz CT molecular complexity index is 1260. The summed E-state index contributed by atoms with van der Waals surface area (Å²) < 4.78 is 11.5. The second-order valence-corrected chi connectivity index (χ2v) is 9.03. The van der Waals surface area contributed by atoms with Gasteiger partial charge in [0.15, 0.2) is 16.8 Å². The van der Waals surface area contributed by atoms with E-state index in [9.17, 15) is 9.59 Å². The van der Waals surface area contributed by atoms with Crippen LogP contribution in [0.2, 0.25) is 0 Å². The smallest absolute Gasteiger partial charge is 0.291 e. The number of hydrogen-bond acceptors (Lipinski definition) is 8. The van der Waals surface area contributed by atoms with Gasteiger partial charge in [-0.3, -0.25) is 9.59 Å². The average molecular weight is 494 g/mol. The molecule has 2 aliphatic heterocycles. The highest BCUT2D eigenvalue weighted by Crippen LogP contribution is 2.32. The van der Waals surface area contributed by atoms with Gasteiger partial charge in [0.1, 0.15) is 5.75 Å². The van der Waals surface area contributed by atoms with Crippen molar-refractivity contribution in [3.05, 3.63) is 58.4 Å². The number of hydrogen-bond donors (Lipinski definition) is 2. The Labute approximate surface area is 211 Å². The third kappa shape index (κ3) is 5.32. The van der Waals surface area contributed by atoms with Gasteiger partial charge in [0.25, 0.3) is 5.91 Å². The van der Waals surface area contributed by atoms with Crippen LogP contribution in [0.1, 0.15) is 18.0 Å². The minimum Gasteiger partial charge on any atom is -0.497 e. The summed E-state index contributed by atoms with van der Waals surface area (Å²) in [6, 6.07) is 12.5. The van der Waals surface area contributed by atoms with Crippen LogP contribution in [0.3, 0.4) is 0 Å². The zero-order chi connectivity index (χ0) is 24.4. The van der Waals surface area contributed by atoms with E-state index in [1.807, 2.05) is 30.3 Å². The molecule has 2 aromatic carbocycles. The van der Waals surface area contributed by atoms with E-state index in [1.165, 1.54) is 6.07 Å². The van der Waals surface area contributed by atoms with E-state index >= 15 is 0 Å². The molecule has 9 nitrogen and oxygen atoms in total. The second kappa shape index (κ2) is 11.0. The first-order chi connectivity index (χ1) is 17.0. The van der Waals surface area contributed by atoms with E-state index in [0.29, 0.717) is 22.4 Å². The van der Waals surface area contributed by atoms with E-state index in [2.05, 4.69) is 32.4 Å². The van der Waals surface area contributed by atoms with E-state index in [0.717, 1.165) is 63.7 Å². The van der Waals surface area contributed by atoms with Gasteiger partial charge in [-0.25, -0.2) is 0 Å². The monoisotopic (exact) mass is 493 g/mol. The van der Waals surface area contributed by atoms with Crippen LogP contribution in [0.4, 0.5) is 17.1 Å². The summed E-state index contributed by atoms with van der Waals surface area (Å²) in [5, 5.41) is 6.60. The second-order valence-electron chi connectivity index (χ2n) is 9.03. The molecule has 2 fully saturated rings. The molecule has 2 N–H and O–H groups in total. The molecule has 0 saturated carbocycles. The molecule has 0 unspecified atom stereocenters. The van der Waals surface area contributed by atoms with E-state index < -0.39 is 5.91 Å². The fourth-order valence-electron chi connectivity index (χ4n) is 4.60. The maximum Gasteiger partial charge on any atom is 0.291 e. The lowest BCUT2D eigenvalue weighted by Crippen LogP contribution is -2.44.